The Hall–Kier alpha value is -4.25. The molecule has 2 amide bonds. The molecule has 5 rings (SSSR count). The highest BCUT2D eigenvalue weighted by Crippen LogP contribution is 2.37. The molecule has 0 spiro atoms. The molecule has 0 aliphatic carbocycles. The number of carbonyl (C=O) groups is 2. The third-order valence-electron chi connectivity index (χ3n) is 6.58. The van der Waals surface area contributed by atoms with E-state index in [0.717, 1.165) is 30.3 Å². The Balaban J connectivity index is 1.41. The highest BCUT2D eigenvalue weighted by atomic mass is 19.1. The number of hydrogen-bond donors (Lipinski definition) is 2. The quantitative estimate of drug-likeness (QED) is 0.496. The van der Waals surface area contributed by atoms with Crippen LogP contribution in [0.1, 0.15) is 28.6 Å². The first kappa shape index (κ1) is 24.4. The molecule has 1 saturated heterocycles. The number of benzene rings is 2. The van der Waals surface area contributed by atoms with Gasteiger partial charge in [0.2, 0.25) is 5.91 Å². The lowest BCUT2D eigenvalue weighted by Gasteiger charge is -2.40. The Morgan fingerprint density at radius 2 is 1.73 bits per heavy atom. The first-order chi connectivity index (χ1) is 17.8. The predicted molar refractivity (Wildman–Crippen MR) is 133 cm³/mol. The Labute approximate surface area is 212 Å². The van der Waals surface area contributed by atoms with Gasteiger partial charge in [0.05, 0.1) is 17.4 Å². The van der Waals surface area contributed by atoms with Crippen molar-refractivity contribution in [2.45, 2.75) is 12.5 Å². The minimum atomic E-state index is -0.740. The second-order valence-corrected chi connectivity index (χ2v) is 8.88. The van der Waals surface area contributed by atoms with Crippen molar-refractivity contribution in [1.82, 2.24) is 19.6 Å². The van der Waals surface area contributed by atoms with Crippen LogP contribution in [0.4, 0.5) is 14.5 Å². The normalized spacial score (nSPS) is 17.6. The van der Waals surface area contributed by atoms with Gasteiger partial charge < -0.3 is 20.7 Å². The average molecular weight is 509 g/mol. The fourth-order valence-corrected chi connectivity index (χ4v) is 4.85. The number of piperazine rings is 1. The zero-order valence-corrected chi connectivity index (χ0v) is 20.0. The molecule has 1 atom stereocenters. The van der Waals surface area contributed by atoms with Crippen LogP contribution >= 0.6 is 0 Å². The minimum Gasteiger partial charge on any atom is -0.457 e. The molecule has 1 aromatic heterocycles. The second-order valence-electron chi connectivity index (χ2n) is 8.88. The molecular formula is C26H26F2N6O3. The summed E-state index contributed by atoms with van der Waals surface area (Å²) in [5, 5.41) is 8.06. The number of rotatable bonds is 6. The van der Waals surface area contributed by atoms with Gasteiger partial charge in [-0.1, -0.05) is 6.58 Å². The summed E-state index contributed by atoms with van der Waals surface area (Å²) in [6.07, 6.45) is 2.11. The van der Waals surface area contributed by atoms with Gasteiger partial charge in [-0.3, -0.25) is 14.5 Å². The van der Waals surface area contributed by atoms with Crippen molar-refractivity contribution in [3.63, 3.8) is 0 Å². The van der Waals surface area contributed by atoms with E-state index < -0.39 is 17.5 Å². The average Bonchev–Trinajstić information content (AvgIpc) is 3.28. The maximum Gasteiger partial charge on any atom is 0.269 e. The molecular weight excluding hydrogens is 482 g/mol. The summed E-state index contributed by atoms with van der Waals surface area (Å²) in [6, 6.07) is 9.50. The van der Waals surface area contributed by atoms with Crippen LogP contribution in [0.5, 0.6) is 11.5 Å². The van der Waals surface area contributed by atoms with E-state index >= 15 is 0 Å². The fourth-order valence-electron chi connectivity index (χ4n) is 4.85. The number of anilines is 1. The van der Waals surface area contributed by atoms with Crippen LogP contribution in [0, 0.1) is 11.6 Å². The lowest BCUT2D eigenvalue weighted by atomic mass is 10.0. The Kier molecular flexibility index (Phi) is 6.62. The molecule has 3 heterocycles. The number of primary amides is 1. The van der Waals surface area contributed by atoms with E-state index in [1.807, 2.05) is 0 Å². The summed E-state index contributed by atoms with van der Waals surface area (Å²) in [6.45, 7) is 6.73. The summed E-state index contributed by atoms with van der Waals surface area (Å²) in [4.78, 5) is 28.5. The Morgan fingerprint density at radius 3 is 2.35 bits per heavy atom. The number of hydrogen-bond acceptors (Lipinski definition) is 6. The van der Waals surface area contributed by atoms with Gasteiger partial charge >= 0.3 is 0 Å². The number of aromatic nitrogens is 2. The van der Waals surface area contributed by atoms with Crippen LogP contribution in [0.3, 0.4) is 0 Å². The fraction of sp³-hybridized carbons (Fsp3) is 0.269. The van der Waals surface area contributed by atoms with Gasteiger partial charge in [-0.15, -0.1) is 0 Å². The molecule has 11 heteroatoms. The number of halogens is 2. The van der Waals surface area contributed by atoms with Crippen molar-refractivity contribution in [3.05, 3.63) is 78.1 Å². The number of ether oxygens (including phenoxy) is 1. The number of carbonyl (C=O) groups excluding carboxylic acids is 2. The van der Waals surface area contributed by atoms with Crippen molar-refractivity contribution in [2.75, 3.05) is 38.0 Å². The van der Waals surface area contributed by atoms with Gasteiger partial charge in [-0.05, 0) is 36.8 Å². The molecule has 9 nitrogen and oxygen atoms in total. The molecule has 2 aliphatic rings. The van der Waals surface area contributed by atoms with E-state index in [4.69, 9.17) is 15.6 Å². The van der Waals surface area contributed by atoms with E-state index in [0.29, 0.717) is 49.8 Å². The molecule has 1 fully saturated rings. The first-order valence-electron chi connectivity index (χ1n) is 11.9. The monoisotopic (exact) mass is 508 g/mol. The minimum absolute atomic E-state index is 0.0274. The van der Waals surface area contributed by atoms with E-state index in [1.54, 1.807) is 29.2 Å². The molecule has 1 unspecified atom stereocenters. The van der Waals surface area contributed by atoms with Crippen LogP contribution in [-0.4, -0.2) is 64.1 Å². The maximum absolute atomic E-state index is 13.5. The number of amides is 2. The van der Waals surface area contributed by atoms with Gasteiger partial charge in [0.1, 0.15) is 28.8 Å². The smallest absolute Gasteiger partial charge is 0.269 e. The summed E-state index contributed by atoms with van der Waals surface area (Å²) < 4.78 is 34.0. The lowest BCUT2D eigenvalue weighted by molar-refractivity contribution is -0.128. The standard InChI is InChI=1S/C26H26F2N6O3/c1-2-22(35)33-11-9-32(10-12-33)21-7-8-30-24-23(21)31-34(25(24)26(29)36)18-3-5-19(6-4-18)37-20-14-16(27)13-17(28)15-20/h2-6,13-15,21,30H,1,7-12H2,(H2,29,36). The molecule has 2 aliphatic heterocycles. The number of nitrogens with one attached hydrogen (secondary N) is 1. The van der Waals surface area contributed by atoms with Gasteiger partial charge in [-0.2, -0.15) is 5.10 Å². The van der Waals surface area contributed by atoms with E-state index in [2.05, 4.69) is 16.8 Å². The zero-order chi connectivity index (χ0) is 26.1. The van der Waals surface area contributed by atoms with E-state index in [9.17, 15) is 18.4 Å². The molecule has 0 saturated carbocycles. The van der Waals surface area contributed by atoms with Crippen LogP contribution < -0.4 is 15.8 Å². The number of fused-ring (bicyclic) bond motifs is 1. The molecule has 0 radical (unpaired) electrons. The lowest BCUT2D eigenvalue weighted by Crippen LogP contribution is -2.50. The van der Waals surface area contributed by atoms with Gasteiger partial charge in [0.15, 0.2) is 5.69 Å². The molecule has 37 heavy (non-hydrogen) atoms. The van der Waals surface area contributed by atoms with Crippen molar-refractivity contribution >= 4 is 17.5 Å². The molecule has 3 N–H and O–H groups in total. The van der Waals surface area contributed by atoms with Crippen molar-refractivity contribution in [1.29, 1.82) is 0 Å². The molecule has 2 aromatic carbocycles. The number of nitrogens with two attached hydrogens (primary N) is 1. The third-order valence-corrected chi connectivity index (χ3v) is 6.58. The van der Waals surface area contributed by atoms with Crippen LogP contribution in [0.15, 0.2) is 55.1 Å². The molecule has 192 valence electrons. The topological polar surface area (TPSA) is 106 Å². The van der Waals surface area contributed by atoms with Crippen LogP contribution in [0.2, 0.25) is 0 Å². The Morgan fingerprint density at radius 1 is 1.05 bits per heavy atom. The highest BCUT2D eigenvalue weighted by molar-refractivity contribution is 5.98. The van der Waals surface area contributed by atoms with Crippen LogP contribution in [0.25, 0.3) is 5.69 Å². The zero-order valence-electron chi connectivity index (χ0n) is 20.0. The molecule has 0 bridgehead atoms. The van der Waals surface area contributed by atoms with Crippen molar-refractivity contribution in [2.24, 2.45) is 5.73 Å². The highest BCUT2D eigenvalue weighted by Gasteiger charge is 2.35. The van der Waals surface area contributed by atoms with Gasteiger partial charge in [0.25, 0.3) is 5.91 Å². The maximum atomic E-state index is 13.5. The van der Waals surface area contributed by atoms with Crippen molar-refractivity contribution < 1.29 is 23.1 Å². The van der Waals surface area contributed by atoms with Crippen molar-refractivity contribution in [3.8, 4) is 17.2 Å². The predicted octanol–water partition coefficient (Wildman–Crippen LogP) is 3.23. The summed E-state index contributed by atoms with van der Waals surface area (Å²) in [7, 11) is 0. The SMILES string of the molecule is C=CC(=O)N1CCN(C2CCNc3c2nn(-c2ccc(Oc4cc(F)cc(F)c4)cc2)c3C(N)=O)CC1. The van der Waals surface area contributed by atoms with Gasteiger partial charge in [-0.25, -0.2) is 13.5 Å². The van der Waals surface area contributed by atoms with E-state index in [1.165, 1.54) is 10.8 Å². The largest absolute Gasteiger partial charge is 0.457 e. The van der Waals surface area contributed by atoms with Gasteiger partial charge in [0, 0.05) is 50.9 Å². The first-order valence-corrected chi connectivity index (χ1v) is 11.9. The molecule has 3 aromatic rings. The third kappa shape index (κ3) is 4.90. The summed E-state index contributed by atoms with van der Waals surface area (Å²) in [5.41, 5.74) is 7.90. The second kappa shape index (κ2) is 10.0. The summed E-state index contributed by atoms with van der Waals surface area (Å²) in [5.74, 6) is -1.81. The van der Waals surface area contributed by atoms with E-state index in [-0.39, 0.29) is 23.4 Å². The summed E-state index contributed by atoms with van der Waals surface area (Å²) >= 11 is 0. The van der Waals surface area contributed by atoms with Crippen LogP contribution in [-0.2, 0) is 4.79 Å². The number of nitrogens with zero attached hydrogens (tertiary/aromatic N) is 4. The Bertz CT molecular complexity index is 1330.